The zero-order chi connectivity index (χ0) is 22.1. The standard InChI is InChI=1S/C21H16F2N4O4/c1-26-20-14(9-17(31-20)18(28)25-10-12-4-6-24-7-5-12)19(29)27(21(26)30)11-13-2-3-15(22)16(23)8-13/h2-9H,10-11H2,1H3,(H,25,28). The molecule has 0 saturated heterocycles. The zero-order valence-corrected chi connectivity index (χ0v) is 16.3. The largest absolute Gasteiger partial charge is 0.434 e. The van der Waals surface area contributed by atoms with Gasteiger partial charge < -0.3 is 9.73 Å². The fourth-order valence-electron chi connectivity index (χ4n) is 3.13. The topological polar surface area (TPSA) is 99.1 Å². The van der Waals surface area contributed by atoms with E-state index in [0.717, 1.165) is 26.8 Å². The maximum absolute atomic E-state index is 13.5. The molecule has 0 bridgehead atoms. The van der Waals surface area contributed by atoms with Gasteiger partial charge in [-0.15, -0.1) is 0 Å². The number of amides is 1. The minimum Gasteiger partial charge on any atom is -0.434 e. The van der Waals surface area contributed by atoms with E-state index in [1.807, 2.05) is 0 Å². The lowest BCUT2D eigenvalue weighted by molar-refractivity contribution is 0.0924. The highest BCUT2D eigenvalue weighted by molar-refractivity contribution is 5.95. The molecular weight excluding hydrogens is 410 g/mol. The van der Waals surface area contributed by atoms with Gasteiger partial charge in [0, 0.05) is 32.1 Å². The Morgan fingerprint density at radius 3 is 2.52 bits per heavy atom. The fraction of sp³-hybridized carbons (Fsp3) is 0.143. The Hall–Kier alpha value is -4.08. The van der Waals surface area contributed by atoms with Crippen molar-refractivity contribution >= 4 is 17.0 Å². The van der Waals surface area contributed by atoms with Crippen LogP contribution in [0.5, 0.6) is 0 Å². The first kappa shape index (κ1) is 20.2. The molecule has 0 aliphatic carbocycles. The summed E-state index contributed by atoms with van der Waals surface area (Å²) in [6.07, 6.45) is 3.18. The molecule has 158 valence electrons. The first-order valence-corrected chi connectivity index (χ1v) is 9.19. The Morgan fingerprint density at radius 2 is 1.81 bits per heavy atom. The zero-order valence-electron chi connectivity index (χ0n) is 16.3. The van der Waals surface area contributed by atoms with Crippen LogP contribution in [0.4, 0.5) is 8.78 Å². The number of aryl methyl sites for hydroxylation is 1. The number of furan rings is 1. The molecule has 0 atom stereocenters. The van der Waals surface area contributed by atoms with E-state index in [0.29, 0.717) is 0 Å². The van der Waals surface area contributed by atoms with Gasteiger partial charge in [-0.25, -0.2) is 13.6 Å². The molecule has 0 unspecified atom stereocenters. The summed E-state index contributed by atoms with van der Waals surface area (Å²) in [7, 11) is 1.38. The third kappa shape index (κ3) is 3.87. The van der Waals surface area contributed by atoms with E-state index in [4.69, 9.17) is 4.42 Å². The molecule has 8 nitrogen and oxygen atoms in total. The number of carbonyl (C=O) groups excluding carboxylic acids is 1. The van der Waals surface area contributed by atoms with Gasteiger partial charge in [-0.05, 0) is 35.4 Å². The highest BCUT2D eigenvalue weighted by atomic mass is 19.2. The number of hydrogen-bond donors (Lipinski definition) is 1. The minimum atomic E-state index is -1.08. The summed E-state index contributed by atoms with van der Waals surface area (Å²) >= 11 is 0. The Kier molecular flexibility index (Phi) is 5.20. The van der Waals surface area contributed by atoms with Gasteiger partial charge in [0.2, 0.25) is 5.71 Å². The van der Waals surface area contributed by atoms with Gasteiger partial charge in [0.05, 0.1) is 6.54 Å². The summed E-state index contributed by atoms with van der Waals surface area (Å²) in [6.45, 7) is -0.0505. The summed E-state index contributed by atoms with van der Waals surface area (Å²) in [4.78, 5) is 41.8. The van der Waals surface area contributed by atoms with Gasteiger partial charge in [0.25, 0.3) is 11.5 Å². The minimum absolute atomic E-state index is 0.0127. The molecule has 3 heterocycles. The van der Waals surface area contributed by atoms with Crippen molar-refractivity contribution in [3.8, 4) is 0 Å². The first-order chi connectivity index (χ1) is 14.8. The summed E-state index contributed by atoms with van der Waals surface area (Å²) in [5, 5.41) is 2.67. The molecule has 1 aromatic carbocycles. The molecule has 0 fully saturated rings. The second-order valence-corrected chi connectivity index (χ2v) is 6.85. The van der Waals surface area contributed by atoms with E-state index in [9.17, 15) is 23.2 Å². The van der Waals surface area contributed by atoms with Crippen LogP contribution in [0, 0.1) is 11.6 Å². The van der Waals surface area contributed by atoms with Crippen molar-refractivity contribution in [2.75, 3.05) is 0 Å². The van der Waals surface area contributed by atoms with Crippen molar-refractivity contribution in [1.82, 2.24) is 19.4 Å². The summed E-state index contributed by atoms with van der Waals surface area (Å²) in [5.41, 5.74) is -0.442. The normalized spacial score (nSPS) is 11.1. The summed E-state index contributed by atoms with van der Waals surface area (Å²) in [6, 6.07) is 7.84. The fourth-order valence-corrected chi connectivity index (χ4v) is 3.13. The number of pyridine rings is 1. The molecule has 1 amide bonds. The van der Waals surface area contributed by atoms with Crippen molar-refractivity contribution in [2.24, 2.45) is 7.05 Å². The molecule has 3 aromatic heterocycles. The average molecular weight is 426 g/mol. The van der Waals surface area contributed by atoms with Gasteiger partial charge in [-0.1, -0.05) is 6.07 Å². The van der Waals surface area contributed by atoms with Crippen LogP contribution in [0.1, 0.15) is 21.7 Å². The number of hydrogen-bond acceptors (Lipinski definition) is 5. The number of carbonyl (C=O) groups is 1. The van der Waals surface area contributed by atoms with Crippen LogP contribution < -0.4 is 16.6 Å². The second kappa shape index (κ2) is 7.98. The first-order valence-electron chi connectivity index (χ1n) is 9.19. The van der Waals surface area contributed by atoms with Crippen molar-refractivity contribution in [3.05, 3.63) is 98.2 Å². The van der Waals surface area contributed by atoms with E-state index < -0.39 is 28.8 Å². The smallest absolute Gasteiger partial charge is 0.333 e. The van der Waals surface area contributed by atoms with Crippen LogP contribution in [-0.2, 0) is 20.1 Å². The number of fused-ring (bicyclic) bond motifs is 1. The number of halogens is 2. The highest BCUT2D eigenvalue weighted by Crippen LogP contribution is 2.15. The SMILES string of the molecule is Cn1c(=O)n(Cc2ccc(F)c(F)c2)c(=O)c2cc(C(=O)NCc3ccncc3)oc21. The molecule has 0 saturated carbocycles. The number of nitrogens with one attached hydrogen (secondary N) is 1. The molecule has 0 aliphatic rings. The van der Waals surface area contributed by atoms with Crippen molar-refractivity contribution in [3.63, 3.8) is 0 Å². The molecule has 4 rings (SSSR count). The molecular formula is C21H16F2N4O4. The predicted molar refractivity (Wildman–Crippen MR) is 107 cm³/mol. The Balaban J connectivity index is 1.67. The summed E-state index contributed by atoms with van der Waals surface area (Å²) in [5.74, 6) is -2.81. The predicted octanol–water partition coefficient (Wildman–Crippen LogP) is 1.94. The quantitative estimate of drug-likeness (QED) is 0.526. The lowest BCUT2D eigenvalue weighted by Crippen LogP contribution is -2.39. The van der Waals surface area contributed by atoms with Gasteiger partial charge in [-0.3, -0.25) is 23.7 Å². The Labute approximate surface area is 173 Å². The van der Waals surface area contributed by atoms with Crippen molar-refractivity contribution in [2.45, 2.75) is 13.1 Å². The lowest BCUT2D eigenvalue weighted by atomic mass is 10.2. The van der Waals surface area contributed by atoms with E-state index in [1.165, 1.54) is 19.2 Å². The Bertz CT molecular complexity index is 1410. The van der Waals surface area contributed by atoms with Crippen LogP contribution in [-0.4, -0.2) is 20.0 Å². The van der Waals surface area contributed by atoms with Gasteiger partial charge in [0.15, 0.2) is 17.4 Å². The molecule has 10 heteroatoms. The molecule has 0 spiro atoms. The number of nitrogens with zero attached hydrogens (tertiary/aromatic N) is 3. The van der Waals surface area contributed by atoms with E-state index >= 15 is 0 Å². The number of rotatable bonds is 5. The van der Waals surface area contributed by atoms with Crippen LogP contribution in [0.3, 0.4) is 0 Å². The molecule has 4 aromatic rings. The van der Waals surface area contributed by atoms with Gasteiger partial charge in [-0.2, -0.15) is 0 Å². The molecule has 0 radical (unpaired) electrons. The van der Waals surface area contributed by atoms with Crippen LogP contribution in [0.25, 0.3) is 11.1 Å². The van der Waals surface area contributed by atoms with Gasteiger partial charge >= 0.3 is 5.69 Å². The molecule has 0 aliphatic heterocycles. The average Bonchev–Trinajstić information content (AvgIpc) is 3.23. The van der Waals surface area contributed by atoms with E-state index in [1.54, 1.807) is 24.5 Å². The lowest BCUT2D eigenvalue weighted by Gasteiger charge is -2.08. The molecule has 1 N–H and O–H groups in total. The maximum atomic E-state index is 13.5. The monoisotopic (exact) mass is 426 g/mol. The maximum Gasteiger partial charge on any atom is 0.333 e. The summed E-state index contributed by atoms with van der Waals surface area (Å²) < 4.78 is 34.1. The van der Waals surface area contributed by atoms with E-state index in [2.05, 4.69) is 10.3 Å². The number of benzene rings is 1. The van der Waals surface area contributed by atoms with Crippen molar-refractivity contribution in [1.29, 1.82) is 0 Å². The van der Waals surface area contributed by atoms with Crippen LogP contribution >= 0.6 is 0 Å². The van der Waals surface area contributed by atoms with E-state index in [-0.39, 0.29) is 35.5 Å². The van der Waals surface area contributed by atoms with Crippen molar-refractivity contribution < 1.29 is 18.0 Å². The highest BCUT2D eigenvalue weighted by Gasteiger charge is 2.20. The third-order valence-electron chi connectivity index (χ3n) is 4.76. The molecule has 31 heavy (non-hydrogen) atoms. The van der Waals surface area contributed by atoms with Crippen LogP contribution in [0.2, 0.25) is 0 Å². The Morgan fingerprint density at radius 1 is 1.06 bits per heavy atom. The van der Waals surface area contributed by atoms with Gasteiger partial charge in [0.1, 0.15) is 5.39 Å². The number of aromatic nitrogens is 3. The second-order valence-electron chi connectivity index (χ2n) is 6.85. The van der Waals surface area contributed by atoms with Crippen LogP contribution in [0.15, 0.2) is 62.8 Å². The third-order valence-corrected chi connectivity index (χ3v) is 4.76.